The van der Waals surface area contributed by atoms with Crippen molar-refractivity contribution in [1.82, 2.24) is 0 Å². The lowest BCUT2D eigenvalue weighted by atomic mass is 10.2. The molecule has 60 valence electrons. The van der Waals surface area contributed by atoms with Crippen LogP contribution in [-0.4, -0.2) is 12.2 Å². The second kappa shape index (κ2) is 3.57. The Morgan fingerprint density at radius 3 is 2.82 bits per heavy atom. The monoisotopic (exact) mass is 176 g/mol. The third-order valence-electron chi connectivity index (χ3n) is 1.20. The summed E-state index contributed by atoms with van der Waals surface area (Å²) in [6.45, 7) is 0. The summed E-state index contributed by atoms with van der Waals surface area (Å²) in [7, 11) is 0. The van der Waals surface area contributed by atoms with E-state index in [1.165, 1.54) is 11.3 Å². The molecule has 0 atom stereocenters. The number of hydrogen-bond donors (Lipinski definition) is 0. The largest absolute Gasteiger partial charge is 0.296 e. The lowest BCUT2D eigenvalue weighted by Gasteiger charge is -1.94. The SMILES string of the molecule is O=C(Cc1ccsc1)C(F)F. The van der Waals surface area contributed by atoms with Gasteiger partial charge in [0.05, 0.1) is 0 Å². The highest BCUT2D eigenvalue weighted by atomic mass is 32.1. The molecule has 0 bridgehead atoms. The van der Waals surface area contributed by atoms with Gasteiger partial charge < -0.3 is 0 Å². The predicted octanol–water partition coefficient (Wildman–Crippen LogP) is 2.12. The number of carbonyl (C=O) groups excluding carboxylic acids is 1. The van der Waals surface area contributed by atoms with Crippen molar-refractivity contribution >= 4 is 17.1 Å². The molecule has 0 spiro atoms. The third kappa shape index (κ3) is 2.38. The van der Waals surface area contributed by atoms with Gasteiger partial charge in [-0.3, -0.25) is 4.79 Å². The number of alkyl halides is 2. The molecule has 0 fully saturated rings. The molecule has 11 heavy (non-hydrogen) atoms. The highest BCUT2D eigenvalue weighted by Gasteiger charge is 2.15. The van der Waals surface area contributed by atoms with Crippen molar-refractivity contribution in [3.05, 3.63) is 22.4 Å². The highest BCUT2D eigenvalue weighted by Crippen LogP contribution is 2.09. The smallest absolute Gasteiger partial charge is 0.293 e. The molecule has 0 unspecified atom stereocenters. The molecule has 0 aliphatic carbocycles. The summed E-state index contributed by atoms with van der Waals surface area (Å²) in [6.07, 6.45) is -2.99. The predicted molar refractivity (Wildman–Crippen MR) is 39.0 cm³/mol. The van der Waals surface area contributed by atoms with Crippen molar-refractivity contribution in [3.8, 4) is 0 Å². The van der Waals surface area contributed by atoms with Gasteiger partial charge in [0.25, 0.3) is 6.43 Å². The van der Waals surface area contributed by atoms with Crippen LogP contribution in [0.2, 0.25) is 0 Å². The molecular formula is C7H6F2OS. The third-order valence-corrected chi connectivity index (χ3v) is 1.93. The summed E-state index contributed by atoms with van der Waals surface area (Å²) in [5, 5.41) is 3.45. The van der Waals surface area contributed by atoms with Crippen molar-refractivity contribution in [2.24, 2.45) is 0 Å². The van der Waals surface area contributed by atoms with Gasteiger partial charge in [-0.25, -0.2) is 8.78 Å². The van der Waals surface area contributed by atoms with E-state index >= 15 is 0 Å². The molecule has 1 rings (SSSR count). The van der Waals surface area contributed by atoms with Crippen LogP contribution in [0.1, 0.15) is 5.56 Å². The van der Waals surface area contributed by atoms with E-state index in [1.54, 1.807) is 16.8 Å². The Kier molecular flexibility index (Phi) is 2.70. The number of Topliss-reactive ketones (excluding diaryl/α,β-unsaturated/α-hetero) is 1. The molecule has 4 heteroatoms. The van der Waals surface area contributed by atoms with Crippen molar-refractivity contribution in [3.63, 3.8) is 0 Å². The molecule has 0 amide bonds. The Morgan fingerprint density at radius 1 is 1.64 bits per heavy atom. The number of carbonyl (C=O) groups is 1. The normalized spacial score (nSPS) is 10.5. The van der Waals surface area contributed by atoms with Crippen LogP contribution in [-0.2, 0) is 11.2 Å². The van der Waals surface area contributed by atoms with E-state index in [0.29, 0.717) is 5.56 Å². The number of ketones is 1. The molecule has 0 saturated carbocycles. The van der Waals surface area contributed by atoms with Gasteiger partial charge in [0, 0.05) is 6.42 Å². The molecule has 0 aliphatic rings. The highest BCUT2D eigenvalue weighted by molar-refractivity contribution is 7.07. The van der Waals surface area contributed by atoms with Gasteiger partial charge in [0.15, 0.2) is 0 Å². The van der Waals surface area contributed by atoms with E-state index in [2.05, 4.69) is 0 Å². The quantitative estimate of drug-likeness (QED) is 0.689. The molecule has 0 aromatic carbocycles. The first-order chi connectivity index (χ1) is 5.20. The minimum absolute atomic E-state index is 0.152. The van der Waals surface area contributed by atoms with E-state index in [4.69, 9.17) is 0 Å². The molecule has 1 heterocycles. The van der Waals surface area contributed by atoms with Crippen LogP contribution < -0.4 is 0 Å². The fourth-order valence-corrected chi connectivity index (χ4v) is 1.34. The molecule has 1 aromatic rings. The topological polar surface area (TPSA) is 17.1 Å². The Labute approximate surface area is 66.7 Å². The molecule has 0 radical (unpaired) electrons. The van der Waals surface area contributed by atoms with Gasteiger partial charge >= 0.3 is 0 Å². The van der Waals surface area contributed by atoms with E-state index in [9.17, 15) is 13.6 Å². The Hall–Kier alpha value is -0.770. The fourth-order valence-electron chi connectivity index (χ4n) is 0.672. The lowest BCUT2D eigenvalue weighted by Crippen LogP contribution is -2.12. The van der Waals surface area contributed by atoms with Crippen LogP contribution in [0.4, 0.5) is 8.78 Å². The zero-order valence-corrected chi connectivity index (χ0v) is 6.41. The van der Waals surface area contributed by atoms with E-state index < -0.39 is 12.2 Å². The van der Waals surface area contributed by atoms with Crippen LogP contribution >= 0.6 is 11.3 Å². The molecule has 0 N–H and O–H groups in total. The summed E-state index contributed by atoms with van der Waals surface area (Å²) in [6, 6.07) is 1.67. The maximum Gasteiger partial charge on any atom is 0.296 e. The standard InChI is InChI=1S/C7H6F2OS/c8-7(9)6(10)3-5-1-2-11-4-5/h1-2,4,7H,3H2. The van der Waals surface area contributed by atoms with Gasteiger partial charge in [0.2, 0.25) is 5.78 Å². The summed E-state index contributed by atoms with van der Waals surface area (Å²) in [4.78, 5) is 10.5. The van der Waals surface area contributed by atoms with E-state index in [-0.39, 0.29) is 6.42 Å². The van der Waals surface area contributed by atoms with Gasteiger partial charge in [-0.05, 0) is 22.4 Å². The second-order valence-electron chi connectivity index (χ2n) is 2.08. The summed E-state index contributed by atoms with van der Waals surface area (Å²) in [5.74, 6) is -1.01. The number of halogens is 2. The van der Waals surface area contributed by atoms with E-state index in [1.807, 2.05) is 0 Å². The molecule has 0 saturated heterocycles. The molecular weight excluding hydrogens is 170 g/mol. The van der Waals surface area contributed by atoms with Gasteiger partial charge in [-0.2, -0.15) is 11.3 Å². The molecule has 1 aromatic heterocycles. The zero-order valence-electron chi connectivity index (χ0n) is 5.59. The van der Waals surface area contributed by atoms with Gasteiger partial charge in [-0.15, -0.1) is 0 Å². The number of hydrogen-bond acceptors (Lipinski definition) is 2. The van der Waals surface area contributed by atoms with Crippen LogP contribution in [0.15, 0.2) is 16.8 Å². The minimum atomic E-state index is -2.84. The van der Waals surface area contributed by atoms with Crippen LogP contribution in [0.3, 0.4) is 0 Å². The average Bonchev–Trinajstić information content (AvgIpc) is 2.39. The first-order valence-corrected chi connectivity index (χ1v) is 3.96. The maximum absolute atomic E-state index is 11.7. The first kappa shape index (κ1) is 8.33. The Morgan fingerprint density at radius 2 is 2.36 bits per heavy atom. The summed E-state index contributed by atoms with van der Waals surface area (Å²) >= 11 is 1.40. The number of thiophene rings is 1. The van der Waals surface area contributed by atoms with Crippen LogP contribution in [0.25, 0.3) is 0 Å². The molecule has 1 nitrogen and oxygen atoms in total. The Bertz CT molecular complexity index is 231. The van der Waals surface area contributed by atoms with Gasteiger partial charge in [-0.1, -0.05) is 0 Å². The van der Waals surface area contributed by atoms with Crippen molar-refractivity contribution in [2.75, 3.05) is 0 Å². The Balaban J connectivity index is 2.50. The van der Waals surface area contributed by atoms with Crippen molar-refractivity contribution in [2.45, 2.75) is 12.8 Å². The lowest BCUT2D eigenvalue weighted by molar-refractivity contribution is -0.128. The van der Waals surface area contributed by atoms with Crippen LogP contribution in [0.5, 0.6) is 0 Å². The van der Waals surface area contributed by atoms with Gasteiger partial charge in [0.1, 0.15) is 0 Å². The minimum Gasteiger partial charge on any atom is -0.293 e. The van der Waals surface area contributed by atoms with E-state index in [0.717, 1.165) is 0 Å². The maximum atomic E-state index is 11.7. The first-order valence-electron chi connectivity index (χ1n) is 3.02. The van der Waals surface area contributed by atoms with Crippen molar-refractivity contribution in [1.29, 1.82) is 0 Å². The summed E-state index contributed by atoms with van der Waals surface area (Å²) < 4.78 is 23.3. The molecule has 0 aliphatic heterocycles. The second-order valence-corrected chi connectivity index (χ2v) is 2.86. The fraction of sp³-hybridized carbons (Fsp3) is 0.286. The van der Waals surface area contributed by atoms with Crippen LogP contribution in [0, 0.1) is 0 Å². The number of rotatable bonds is 3. The summed E-state index contributed by atoms with van der Waals surface area (Å²) in [5.41, 5.74) is 0.667. The average molecular weight is 176 g/mol. The van der Waals surface area contributed by atoms with Crippen molar-refractivity contribution < 1.29 is 13.6 Å². The zero-order chi connectivity index (χ0) is 8.27.